The minimum Gasteiger partial charge on any atom is -0.377 e. The molecule has 17 heavy (non-hydrogen) atoms. The minimum atomic E-state index is -0.000185. The van der Waals surface area contributed by atoms with E-state index in [4.69, 9.17) is 4.74 Å². The SMILES string of the molecule is CC(C)(C)n1cc(CNCC2CCCO2)nn1. The molecule has 96 valence electrons. The summed E-state index contributed by atoms with van der Waals surface area (Å²) in [4.78, 5) is 0. The Morgan fingerprint density at radius 2 is 2.35 bits per heavy atom. The van der Waals surface area contributed by atoms with Crippen molar-refractivity contribution in [2.45, 2.75) is 51.8 Å². The molecule has 0 bridgehead atoms. The molecular formula is C12H22N4O. The molecular weight excluding hydrogens is 216 g/mol. The van der Waals surface area contributed by atoms with Gasteiger partial charge in [-0.2, -0.15) is 0 Å². The summed E-state index contributed by atoms with van der Waals surface area (Å²) < 4.78 is 7.45. The molecule has 2 rings (SSSR count). The first-order chi connectivity index (χ1) is 8.05. The van der Waals surface area contributed by atoms with Crippen molar-refractivity contribution in [2.75, 3.05) is 13.2 Å². The second-order valence-electron chi connectivity index (χ2n) is 5.59. The molecule has 1 aromatic heterocycles. The van der Waals surface area contributed by atoms with Gasteiger partial charge in [-0.3, -0.25) is 0 Å². The Labute approximate surface area is 103 Å². The van der Waals surface area contributed by atoms with Gasteiger partial charge in [-0.15, -0.1) is 5.10 Å². The molecule has 1 aromatic rings. The average Bonchev–Trinajstić information content (AvgIpc) is 2.86. The van der Waals surface area contributed by atoms with E-state index in [-0.39, 0.29) is 5.54 Å². The van der Waals surface area contributed by atoms with Gasteiger partial charge in [0.25, 0.3) is 0 Å². The molecule has 1 aliphatic rings. The highest BCUT2D eigenvalue weighted by molar-refractivity contribution is 4.94. The lowest BCUT2D eigenvalue weighted by Crippen LogP contribution is -2.26. The van der Waals surface area contributed by atoms with Crippen molar-refractivity contribution in [1.82, 2.24) is 20.3 Å². The van der Waals surface area contributed by atoms with Crippen LogP contribution in [0.4, 0.5) is 0 Å². The Hall–Kier alpha value is -0.940. The first-order valence-corrected chi connectivity index (χ1v) is 6.30. The predicted molar refractivity (Wildman–Crippen MR) is 65.7 cm³/mol. The van der Waals surface area contributed by atoms with Crippen LogP contribution in [0.2, 0.25) is 0 Å². The van der Waals surface area contributed by atoms with Gasteiger partial charge >= 0.3 is 0 Å². The standard InChI is InChI=1S/C12H22N4O/c1-12(2,3)16-9-10(14-15-16)7-13-8-11-5-4-6-17-11/h9,11,13H,4-8H2,1-3H3. The number of hydrogen-bond donors (Lipinski definition) is 1. The van der Waals surface area contributed by atoms with Crippen LogP contribution in [0.1, 0.15) is 39.3 Å². The van der Waals surface area contributed by atoms with E-state index in [0.717, 1.165) is 25.4 Å². The van der Waals surface area contributed by atoms with E-state index in [1.807, 2.05) is 10.9 Å². The Bertz CT molecular complexity index is 350. The first kappa shape index (κ1) is 12.5. The molecule has 1 aliphatic heterocycles. The van der Waals surface area contributed by atoms with Crippen LogP contribution in [0.15, 0.2) is 6.20 Å². The Morgan fingerprint density at radius 1 is 1.53 bits per heavy atom. The van der Waals surface area contributed by atoms with Gasteiger partial charge in [-0.25, -0.2) is 4.68 Å². The van der Waals surface area contributed by atoms with Crippen molar-refractivity contribution in [1.29, 1.82) is 0 Å². The molecule has 1 atom stereocenters. The van der Waals surface area contributed by atoms with Crippen LogP contribution in [0, 0.1) is 0 Å². The lowest BCUT2D eigenvalue weighted by Gasteiger charge is -2.17. The fourth-order valence-electron chi connectivity index (χ4n) is 1.87. The molecule has 0 spiro atoms. The maximum Gasteiger partial charge on any atom is 0.0965 e. The third-order valence-electron chi connectivity index (χ3n) is 2.93. The molecule has 2 heterocycles. The molecule has 0 saturated carbocycles. The molecule has 1 fully saturated rings. The molecule has 1 N–H and O–H groups in total. The highest BCUT2D eigenvalue weighted by Crippen LogP contribution is 2.12. The maximum absolute atomic E-state index is 5.55. The first-order valence-electron chi connectivity index (χ1n) is 6.30. The van der Waals surface area contributed by atoms with E-state index < -0.39 is 0 Å². The summed E-state index contributed by atoms with van der Waals surface area (Å²) >= 11 is 0. The predicted octanol–water partition coefficient (Wildman–Crippen LogP) is 1.30. The van der Waals surface area contributed by atoms with E-state index >= 15 is 0 Å². The second-order valence-corrected chi connectivity index (χ2v) is 5.59. The zero-order valence-corrected chi connectivity index (χ0v) is 10.9. The van der Waals surface area contributed by atoms with Gasteiger partial charge in [-0.1, -0.05) is 5.21 Å². The van der Waals surface area contributed by atoms with Gasteiger partial charge in [0.1, 0.15) is 0 Å². The third kappa shape index (κ3) is 3.51. The van der Waals surface area contributed by atoms with E-state index in [0.29, 0.717) is 6.10 Å². The Morgan fingerprint density at radius 3 is 2.94 bits per heavy atom. The Balaban J connectivity index is 1.77. The molecule has 1 saturated heterocycles. The lowest BCUT2D eigenvalue weighted by molar-refractivity contribution is 0.110. The summed E-state index contributed by atoms with van der Waals surface area (Å²) in [6.07, 6.45) is 4.74. The van der Waals surface area contributed by atoms with E-state index in [1.165, 1.54) is 12.8 Å². The average molecular weight is 238 g/mol. The molecule has 0 aromatic carbocycles. The number of aromatic nitrogens is 3. The smallest absolute Gasteiger partial charge is 0.0965 e. The van der Waals surface area contributed by atoms with Crippen LogP contribution >= 0.6 is 0 Å². The van der Waals surface area contributed by atoms with Gasteiger partial charge in [0.2, 0.25) is 0 Å². The normalized spacial score (nSPS) is 21.0. The summed E-state index contributed by atoms with van der Waals surface area (Å²) in [5, 5.41) is 11.7. The summed E-state index contributed by atoms with van der Waals surface area (Å²) in [5.41, 5.74) is 0.984. The molecule has 0 radical (unpaired) electrons. The van der Waals surface area contributed by atoms with Gasteiger partial charge < -0.3 is 10.1 Å². The zero-order valence-electron chi connectivity index (χ0n) is 10.9. The Kier molecular flexibility index (Phi) is 3.79. The number of ether oxygens (including phenoxy) is 1. The highest BCUT2D eigenvalue weighted by atomic mass is 16.5. The van der Waals surface area contributed by atoms with Crippen LogP contribution in [-0.4, -0.2) is 34.2 Å². The minimum absolute atomic E-state index is 0.000185. The lowest BCUT2D eigenvalue weighted by atomic mass is 10.1. The number of hydrogen-bond acceptors (Lipinski definition) is 4. The highest BCUT2D eigenvalue weighted by Gasteiger charge is 2.16. The monoisotopic (exact) mass is 238 g/mol. The van der Waals surface area contributed by atoms with Crippen LogP contribution in [0.5, 0.6) is 0 Å². The molecule has 5 nitrogen and oxygen atoms in total. The van der Waals surface area contributed by atoms with Crippen LogP contribution < -0.4 is 5.32 Å². The van der Waals surface area contributed by atoms with Gasteiger partial charge in [0.15, 0.2) is 0 Å². The number of nitrogens with zero attached hydrogens (tertiary/aromatic N) is 3. The maximum atomic E-state index is 5.55. The van der Waals surface area contributed by atoms with Crippen molar-refractivity contribution in [2.24, 2.45) is 0 Å². The molecule has 1 unspecified atom stereocenters. The van der Waals surface area contributed by atoms with Crippen LogP contribution in [-0.2, 0) is 16.8 Å². The largest absolute Gasteiger partial charge is 0.377 e. The van der Waals surface area contributed by atoms with E-state index in [2.05, 4.69) is 36.4 Å². The van der Waals surface area contributed by atoms with Crippen molar-refractivity contribution in [3.63, 3.8) is 0 Å². The van der Waals surface area contributed by atoms with Gasteiger partial charge in [0, 0.05) is 19.7 Å². The van der Waals surface area contributed by atoms with Crippen LogP contribution in [0.25, 0.3) is 0 Å². The number of rotatable bonds is 4. The van der Waals surface area contributed by atoms with Crippen molar-refractivity contribution in [3.05, 3.63) is 11.9 Å². The van der Waals surface area contributed by atoms with Crippen LogP contribution in [0.3, 0.4) is 0 Å². The van der Waals surface area contributed by atoms with Crippen molar-refractivity contribution >= 4 is 0 Å². The topological polar surface area (TPSA) is 52.0 Å². The third-order valence-corrected chi connectivity index (χ3v) is 2.93. The summed E-state index contributed by atoms with van der Waals surface area (Å²) in [6, 6.07) is 0. The van der Waals surface area contributed by atoms with E-state index in [9.17, 15) is 0 Å². The van der Waals surface area contributed by atoms with Gasteiger partial charge in [0.05, 0.1) is 23.5 Å². The van der Waals surface area contributed by atoms with Crippen molar-refractivity contribution < 1.29 is 4.74 Å². The molecule has 0 amide bonds. The number of nitrogens with one attached hydrogen (secondary N) is 1. The fourth-order valence-corrected chi connectivity index (χ4v) is 1.87. The van der Waals surface area contributed by atoms with E-state index in [1.54, 1.807) is 0 Å². The summed E-state index contributed by atoms with van der Waals surface area (Å²) in [6.45, 7) is 8.92. The summed E-state index contributed by atoms with van der Waals surface area (Å²) in [7, 11) is 0. The zero-order chi connectivity index (χ0) is 12.3. The quantitative estimate of drug-likeness (QED) is 0.859. The fraction of sp³-hybridized carbons (Fsp3) is 0.833. The van der Waals surface area contributed by atoms with Crippen molar-refractivity contribution in [3.8, 4) is 0 Å². The summed E-state index contributed by atoms with van der Waals surface area (Å²) in [5.74, 6) is 0. The second kappa shape index (κ2) is 5.14. The molecule has 0 aliphatic carbocycles. The molecule has 5 heteroatoms. The van der Waals surface area contributed by atoms with Gasteiger partial charge in [-0.05, 0) is 33.6 Å².